The Morgan fingerprint density at radius 2 is 2.00 bits per heavy atom. The average molecular weight is 314 g/mol. The highest BCUT2D eigenvalue weighted by atomic mass is 19.4. The largest absolute Gasteiger partial charge is 0.441 e. The molecular weight excluding hydrogens is 301 g/mol. The number of amides is 1. The third kappa shape index (κ3) is 3.54. The first kappa shape index (κ1) is 15.8. The molecule has 1 aromatic carbocycles. The van der Waals surface area contributed by atoms with Gasteiger partial charge in [-0.05, 0) is 19.9 Å². The van der Waals surface area contributed by atoms with Crippen molar-refractivity contribution in [3.05, 3.63) is 41.1 Å². The highest BCUT2D eigenvalue weighted by Crippen LogP contribution is 2.35. The van der Waals surface area contributed by atoms with Crippen LogP contribution in [0.25, 0.3) is 0 Å². The summed E-state index contributed by atoms with van der Waals surface area (Å²) in [6, 6.07) is 4.93. The molecule has 0 aliphatic rings. The molecule has 0 aliphatic carbocycles. The molecule has 2 aromatic rings. The second-order valence-corrected chi connectivity index (χ2v) is 4.52. The molecule has 0 aliphatic heterocycles. The van der Waals surface area contributed by atoms with Gasteiger partial charge in [-0.2, -0.15) is 23.5 Å². The summed E-state index contributed by atoms with van der Waals surface area (Å²) < 4.78 is 43.7. The van der Waals surface area contributed by atoms with Crippen molar-refractivity contribution in [2.24, 2.45) is 0 Å². The molecule has 1 aromatic heterocycles. The van der Waals surface area contributed by atoms with Gasteiger partial charge in [0.2, 0.25) is 0 Å². The van der Waals surface area contributed by atoms with Gasteiger partial charge in [0, 0.05) is 5.56 Å². The number of nitrogens with zero attached hydrogens (tertiary/aromatic N) is 2. The van der Waals surface area contributed by atoms with E-state index in [1.807, 2.05) is 0 Å². The molecule has 0 radical (unpaired) electrons. The van der Waals surface area contributed by atoms with E-state index in [4.69, 9.17) is 4.74 Å². The summed E-state index contributed by atoms with van der Waals surface area (Å²) in [6.45, 7) is 2.96. The minimum Gasteiger partial charge on any atom is -0.441 e. The molecule has 0 unspecified atom stereocenters. The number of hydrogen-bond donors (Lipinski definition) is 2. The van der Waals surface area contributed by atoms with Crippen molar-refractivity contribution < 1.29 is 22.7 Å². The Bertz CT molecular complexity index is 669. The molecule has 0 bridgehead atoms. The van der Waals surface area contributed by atoms with Crippen LogP contribution in [0.5, 0.6) is 0 Å². The minimum atomic E-state index is -4.52. The number of aromatic amines is 1. The summed E-state index contributed by atoms with van der Waals surface area (Å²) in [5, 5.41) is 12.0. The van der Waals surface area contributed by atoms with Crippen molar-refractivity contribution in [1.29, 1.82) is 0 Å². The van der Waals surface area contributed by atoms with Crippen LogP contribution >= 0.6 is 0 Å². The first-order valence-electron chi connectivity index (χ1n) is 6.30. The normalized spacial score (nSPS) is 12.8. The number of ether oxygens (including phenoxy) is 1. The second-order valence-electron chi connectivity index (χ2n) is 4.52. The molecule has 1 heterocycles. The molecule has 0 fully saturated rings. The highest BCUT2D eigenvalue weighted by Gasteiger charge is 2.34. The van der Waals surface area contributed by atoms with Gasteiger partial charge in [0.15, 0.2) is 5.82 Å². The van der Waals surface area contributed by atoms with E-state index in [0.717, 1.165) is 6.07 Å². The Balaban J connectivity index is 2.11. The summed E-state index contributed by atoms with van der Waals surface area (Å²) in [5.41, 5.74) is -0.532. The molecule has 118 valence electrons. The summed E-state index contributed by atoms with van der Waals surface area (Å²) in [6.07, 6.45) is -6.51. The Morgan fingerprint density at radius 3 is 2.59 bits per heavy atom. The molecule has 0 spiro atoms. The number of aromatic nitrogens is 3. The molecular formula is C13H13F3N4O2. The van der Waals surface area contributed by atoms with Gasteiger partial charge in [0.1, 0.15) is 11.8 Å². The van der Waals surface area contributed by atoms with Gasteiger partial charge in [0.05, 0.1) is 5.56 Å². The molecule has 1 atom stereocenters. The Morgan fingerprint density at radius 1 is 1.32 bits per heavy atom. The van der Waals surface area contributed by atoms with E-state index in [1.165, 1.54) is 25.1 Å². The number of carbonyl (C=O) groups is 1. The minimum absolute atomic E-state index is 0.123. The van der Waals surface area contributed by atoms with E-state index in [0.29, 0.717) is 5.69 Å². The number of nitrogens with one attached hydrogen (secondary N) is 2. The number of hydrogen-bond acceptors (Lipinski definition) is 4. The smallest absolute Gasteiger partial charge is 0.416 e. The van der Waals surface area contributed by atoms with Crippen molar-refractivity contribution in [2.45, 2.75) is 26.1 Å². The average Bonchev–Trinajstić information content (AvgIpc) is 2.83. The Hall–Kier alpha value is -2.58. The summed E-state index contributed by atoms with van der Waals surface area (Å²) in [7, 11) is 0. The van der Waals surface area contributed by atoms with E-state index >= 15 is 0 Å². The zero-order chi connectivity index (χ0) is 16.3. The van der Waals surface area contributed by atoms with Crippen LogP contribution in [0.1, 0.15) is 29.8 Å². The van der Waals surface area contributed by atoms with Crippen molar-refractivity contribution in [3.8, 4) is 0 Å². The fourth-order valence-electron chi connectivity index (χ4n) is 1.86. The van der Waals surface area contributed by atoms with Crippen LogP contribution in [-0.4, -0.2) is 21.5 Å². The molecule has 22 heavy (non-hydrogen) atoms. The van der Waals surface area contributed by atoms with Crippen LogP contribution in [0.4, 0.5) is 23.8 Å². The summed E-state index contributed by atoms with van der Waals surface area (Å²) >= 11 is 0. The first-order chi connectivity index (χ1) is 10.3. The van der Waals surface area contributed by atoms with E-state index in [9.17, 15) is 18.0 Å². The van der Waals surface area contributed by atoms with E-state index in [1.54, 1.807) is 6.92 Å². The molecule has 0 saturated carbocycles. The van der Waals surface area contributed by atoms with E-state index in [-0.39, 0.29) is 11.4 Å². The van der Waals surface area contributed by atoms with Crippen molar-refractivity contribution in [3.63, 3.8) is 0 Å². The summed E-state index contributed by atoms with van der Waals surface area (Å²) in [4.78, 5) is 11.7. The fourth-order valence-corrected chi connectivity index (χ4v) is 1.86. The predicted octanol–water partition coefficient (Wildman–Crippen LogP) is 3.44. The van der Waals surface area contributed by atoms with Gasteiger partial charge < -0.3 is 4.74 Å². The number of halogens is 3. The molecule has 1 amide bonds. The lowest BCUT2D eigenvalue weighted by atomic mass is 10.0. The molecule has 9 heteroatoms. The monoisotopic (exact) mass is 314 g/mol. The first-order valence-corrected chi connectivity index (χ1v) is 6.30. The van der Waals surface area contributed by atoms with Crippen LogP contribution in [0.2, 0.25) is 0 Å². The van der Waals surface area contributed by atoms with Crippen LogP contribution in [0.15, 0.2) is 24.3 Å². The number of alkyl halides is 3. The second kappa shape index (κ2) is 6.04. The van der Waals surface area contributed by atoms with Gasteiger partial charge in [0.25, 0.3) is 0 Å². The third-order valence-corrected chi connectivity index (χ3v) is 2.93. The van der Waals surface area contributed by atoms with Gasteiger partial charge in [-0.1, -0.05) is 18.2 Å². The van der Waals surface area contributed by atoms with Gasteiger partial charge >= 0.3 is 12.3 Å². The number of rotatable bonds is 3. The number of anilines is 1. The van der Waals surface area contributed by atoms with Crippen LogP contribution < -0.4 is 5.32 Å². The molecule has 2 N–H and O–H groups in total. The number of H-pyrrole nitrogens is 1. The van der Waals surface area contributed by atoms with Crippen molar-refractivity contribution in [2.75, 3.05) is 5.32 Å². The number of aryl methyl sites for hydroxylation is 1. The maximum absolute atomic E-state index is 12.9. The fraction of sp³-hybridized carbons (Fsp3) is 0.308. The number of benzene rings is 1. The van der Waals surface area contributed by atoms with Crippen LogP contribution in [-0.2, 0) is 10.9 Å². The quantitative estimate of drug-likeness (QED) is 0.909. The lowest BCUT2D eigenvalue weighted by Crippen LogP contribution is -2.19. The third-order valence-electron chi connectivity index (χ3n) is 2.93. The topological polar surface area (TPSA) is 79.9 Å². The highest BCUT2D eigenvalue weighted by molar-refractivity contribution is 5.83. The van der Waals surface area contributed by atoms with Crippen molar-refractivity contribution in [1.82, 2.24) is 15.4 Å². The van der Waals surface area contributed by atoms with Crippen LogP contribution in [0.3, 0.4) is 0 Å². The molecule has 2 rings (SSSR count). The van der Waals surface area contributed by atoms with Gasteiger partial charge in [-0.25, -0.2) is 4.79 Å². The SMILES string of the molecule is Cc1n[nH]nc1NC(=O)O[C@H](C)c1ccccc1C(F)(F)F. The molecule has 0 saturated heterocycles. The van der Waals surface area contributed by atoms with E-state index < -0.39 is 23.9 Å². The zero-order valence-corrected chi connectivity index (χ0v) is 11.7. The molecule has 6 nitrogen and oxygen atoms in total. The Kier molecular flexibility index (Phi) is 4.34. The predicted molar refractivity (Wildman–Crippen MR) is 71.1 cm³/mol. The lowest BCUT2D eigenvalue weighted by molar-refractivity contribution is -0.139. The van der Waals surface area contributed by atoms with E-state index in [2.05, 4.69) is 20.7 Å². The van der Waals surface area contributed by atoms with Gasteiger partial charge in [-0.3, -0.25) is 5.32 Å². The lowest BCUT2D eigenvalue weighted by Gasteiger charge is -2.18. The standard InChI is InChI=1S/C13H13F3N4O2/c1-7-11(19-20-18-7)17-12(21)22-8(2)9-5-3-4-6-10(9)13(14,15)16/h3-6,8H,1-2H3,(H2,17,18,19,20,21)/t8-/m1/s1. The zero-order valence-electron chi connectivity index (χ0n) is 11.7. The van der Waals surface area contributed by atoms with Crippen LogP contribution in [0, 0.1) is 6.92 Å². The maximum Gasteiger partial charge on any atom is 0.416 e. The maximum atomic E-state index is 12.9. The summed E-state index contributed by atoms with van der Waals surface area (Å²) in [5.74, 6) is 0.154. The Labute approximate surface area is 123 Å². The number of carbonyl (C=O) groups excluding carboxylic acids is 1. The van der Waals surface area contributed by atoms with Gasteiger partial charge in [-0.15, -0.1) is 5.10 Å². The van der Waals surface area contributed by atoms with Crippen molar-refractivity contribution >= 4 is 11.9 Å².